The summed E-state index contributed by atoms with van der Waals surface area (Å²) in [6.07, 6.45) is 5.72. The number of fused-ring (bicyclic) bond motifs is 1. The van der Waals surface area contributed by atoms with Gasteiger partial charge in [-0.25, -0.2) is 9.97 Å². The van der Waals surface area contributed by atoms with E-state index in [1.54, 1.807) is 6.20 Å². The van der Waals surface area contributed by atoms with Gasteiger partial charge in [-0.3, -0.25) is 4.40 Å². The summed E-state index contributed by atoms with van der Waals surface area (Å²) in [6, 6.07) is 0. The van der Waals surface area contributed by atoms with Gasteiger partial charge >= 0.3 is 0 Å². The lowest BCUT2D eigenvalue weighted by Crippen LogP contribution is -2.15. The molecule has 1 aliphatic carbocycles. The fraction of sp³-hybridized carbons (Fsp3) is 0.429. The van der Waals surface area contributed by atoms with Crippen LogP contribution in [-0.2, 0) is 0 Å². The van der Waals surface area contributed by atoms with Crippen molar-refractivity contribution in [2.45, 2.75) is 39.5 Å². The van der Waals surface area contributed by atoms with Crippen LogP contribution in [-0.4, -0.2) is 14.4 Å². The standard InChI is InChI=1S/C12H12ClN3.C2H6/c1-7-5-9(6-7)12-15-8(2)10-11(13)14-3-4-16(10)12;1-2/h3-4,9H,1,5-6H2,2H3;1-2H3. The Morgan fingerprint density at radius 1 is 1.39 bits per heavy atom. The monoisotopic (exact) mass is 263 g/mol. The molecule has 3 rings (SSSR count). The molecule has 0 bridgehead atoms. The maximum absolute atomic E-state index is 6.08. The summed E-state index contributed by atoms with van der Waals surface area (Å²) in [5.74, 6) is 1.58. The van der Waals surface area contributed by atoms with Crippen molar-refractivity contribution in [2.75, 3.05) is 0 Å². The zero-order chi connectivity index (χ0) is 13.3. The van der Waals surface area contributed by atoms with Crippen LogP contribution in [0.3, 0.4) is 0 Å². The van der Waals surface area contributed by atoms with Crippen molar-refractivity contribution in [1.82, 2.24) is 14.4 Å². The third-order valence-electron chi connectivity index (χ3n) is 3.15. The Morgan fingerprint density at radius 3 is 2.67 bits per heavy atom. The second-order valence-electron chi connectivity index (χ2n) is 4.35. The van der Waals surface area contributed by atoms with Crippen molar-refractivity contribution in [3.05, 3.63) is 41.2 Å². The van der Waals surface area contributed by atoms with Gasteiger partial charge in [-0.1, -0.05) is 37.6 Å². The van der Waals surface area contributed by atoms with Crippen molar-refractivity contribution < 1.29 is 0 Å². The van der Waals surface area contributed by atoms with Crippen LogP contribution in [0.5, 0.6) is 0 Å². The highest BCUT2D eigenvalue weighted by molar-refractivity contribution is 6.32. The third-order valence-corrected chi connectivity index (χ3v) is 3.42. The molecule has 0 aliphatic heterocycles. The number of nitrogens with zero attached hydrogens (tertiary/aromatic N) is 3. The predicted octanol–water partition coefficient (Wildman–Crippen LogP) is 4.15. The number of aromatic nitrogens is 3. The van der Waals surface area contributed by atoms with E-state index in [1.165, 1.54) is 5.57 Å². The number of aryl methyl sites for hydroxylation is 1. The molecule has 0 saturated heterocycles. The average Bonchev–Trinajstić information content (AvgIpc) is 2.67. The molecule has 2 aromatic rings. The van der Waals surface area contributed by atoms with Crippen LogP contribution < -0.4 is 0 Å². The van der Waals surface area contributed by atoms with Crippen molar-refractivity contribution >= 4 is 17.1 Å². The molecule has 96 valence electrons. The Kier molecular flexibility index (Phi) is 3.71. The van der Waals surface area contributed by atoms with Crippen LogP contribution in [0, 0.1) is 6.92 Å². The second-order valence-corrected chi connectivity index (χ2v) is 4.71. The van der Waals surface area contributed by atoms with Crippen molar-refractivity contribution in [3.8, 4) is 0 Å². The van der Waals surface area contributed by atoms with Gasteiger partial charge in [0.15, 0.2) is 5.15 Å². The lowest BCUT2D eigenvalue weighted by molar-refractivity contribution is 0.520. The molecule has 0 spiro atoms. The number of hydrogen-bond acceptors (Lipinski definition) is 2. The molecular weight excluding hydrogens is 246 g/mol. The SMILES string of the molecule is C=C1CC(c2nc(C)c3c(Cl)nccn23)C1.CC. The lowest BCUT2D eigenvalue weighted by Gasteiger charge is -2.27. The Morgan fingerprint density at radius 2 is 2.06 bits per heavy atom. The van der Waals surface area contributed by atoms with Crippen LogP contribution in [0.15, 0.2) is 24.5 Å². The van der Waals surface area contributed by atoms with E-state index in [0.29, 0.717) is 11.1 Å². The topological polar surface area (TPSA) is 30.2 Å². The van der Waals surface area contributed by atoms with Gasteiger partial charge in [0.05, 0.1) is 5.69 Å². The molecule has 2 aromatic heterocycles. The maximum atomic E-state index is 6.08. The summed E-state index contributed by atoms with van der Waals surface area (Å²) in [5, 5.41) is 0.525. The van der Waals surface area contributed by atoms with Crippen LogP contribution >= 0.6 is 11.6 Å². The fourth-order valence-corrected chi connectivity index (χ4v) is 2.59. The van der Waals surface area contributed by atoms with Gasteiger partial charge in [0.25, 0.3) is 0 Å². The van der Waals surface area contributed by atoms with E-state index in [0.717, 1.165) is 29.9 Å². The van der Waals surface area contributed by atoms with Gasteiger partial charge in [-0.2, -0.15) is 0 Å². The van der Waals surface area contributed by atoms with E-state index >= 15 is 0 Å². The van der Waals surface area contributed by atoms with Gasteiger partial charge in [0.1, 0.15) is 11.3 Å². The first-order valence-electron chi connectivity index (χ1n) is 6.32. The molecule has 4 heteroatoms. The summed E-state index contributed by atoms with van der Waals surface area (Å²) in [6.45, 7) is 9.94. The normalized spacial score (nSPS) is 15.2. The fourth-order valence-electron chi connectivity index (χ4n) is 2.30. The Labute approximate surface area is 113 Å². The van der Waals surface area contributed by atoms with Gasteiger partial charge in [0, 0.05) is 18.3 Å². The molecule has 1 saturated carbocycles. The highest BCUT2D eigenvalue weighted by Gasteiger charge is 2.28. The highest BCUT2D eigenvalue weighted by Crippen LogP contribution is 2.40. The number of hydrogen-bond donors (Lipinski definition) is 0. The molecule has 0 unspecified atom stereocenters. The van der Waals surface area contributed by atoms with Crippen LogP contribution in [0.25, 0.3) is 5.52 Å². The minimum absolute atomic E-state index is 0.493. The first kappa shape index (κ1) is 13.1. The van der Waals surface area contributed by atoms with E-state index in [2.05, 4.69) is 20.9 Å². The van der Waals surface area contributed by atoms with E-state index in [1.807, 2.05) is 27.0 Å². The molecule has 0 aromatic carbocycles. The van der Waals surface area contributed by atoms with E-state index in [4.69, 9.17) is 11.6 Å². The van der Waals surface area contributed by atoms with E-state index in [9.17, 15) is 0 Å². The van der Waals surface area contributed by atoms with Crippen LogP contribution in [0.4, 0.5) is 0 Å². The largest absolute Gasteiger partial charge is 0.299 e. The molecule has 0 radical (unpaired) electrons. The summed E-state index contributed by atoms with van der Waals surface area (Å²) < 4.78 is 2.06. The summed E-state index contributed by atoms with van der Waals surface area (Å²) >= 11 is 6.08. The Bertz CT molecular complexity index is 578. The molecule has 0 amide bonds. The van der Waals surface area contributed by atoms with Crippen molar-refractivity contribution in [2.24, 2.45) is 0 Å². The van der Waals surface area contributed by atoms with Gasteiger partial charge < -0.3 is 0 Å². The number of allylic oxidation sites excluding steroid dienone is 1. The number of imidazole rings is 1. The van der Waals surface area contributed by atoms with Crippen molar-refractivity contribution in [3.63, 3.8) is 0 Å². The Hall–Kier alpha value is -1.35. The Balaban J connectivity index is 0.000000574. The minimum atomic E-state index is 0.493. The van der Waals surface area contributed by atoms with Crippen LogP contribution in [0.1, 0.15) is 44.1 Å². The highest BCUT2D eigenvalue weighted by atomic mass is 35.5. The van der Waals surface area contributed by atoms with Gasteiger partial charge in [-0.05, 0) is 19.8 Å². The van der Waals surface area contributed by atoms with Gasteiger partial charge in [-0.15, -0.1) is 0 Å². The van der Waals surface area contributed by atoms with E-state index < -0.39 is 0 Å². The first-order valence-corrected chi connectivity index (χ1v) is 6.70. The van der Waals surface area contributed by atoms with Crippen molar-refractivity contribution in [1.29, 1.82) is 0 Å². The van der Waals surface area contributed by atoms with E-state index in [-0.39, 0.29) is 0 Å². The predicted molar refractivity (Wildman–Crippen MR) is 75.2 cm³/mol. The average molecular weight is 264 g/mol. The third kappa shape index (κ3) is 2.03. The second kappa shape index (κ2) is 5.11. The minimum Gasteiger partial charge on any atom is -0.299 e. The summed E-state index contributed by atoms with van der Waals surface area (Å²) in [5.41, 5.74) is 3.18. The molecule has 1 aliphatic rings. The zero-order valence-electron chi connectivity index (χ0n) is 11.1. The first-order chi connectivity index (χ1) is 8.66. The van der Waals surface area contributed by atoms with Gasteiger partial charge in [0.2, 0.25) is 0 Å². The maximum Gasteiger partial charge on any atom is 0.154 e. The molecule has 2 heterocycles. The molecular formula is C14H18ClN3. The summed E-state index contributed by atoms with van der Waals surface area (Å²) in [4.78, 5) is 8.69. The quantitative estimate of drug-likeness (QED) is 0.724. The van der Waals surface area contributed by atoms with Crippen LogP contribution in [0.2, 0.25) is 5.15 Å². The molecule has 0 N–H and O–H groups in total. The number of rotatable bonds is 1. The molecule has 3 nitrogen and oxygen atoms in total. The number of halogens is 1. The summed E-state index contributed by atoms with van der Waals surface area (Å²) in [7, 11) is 0. The molecule has 0 atom stereocenters. The zero-order valence-corrected chi connectivity index (χ0v) is 11.8. The molecule has 1 fully saturated rings. The smallest absolute Gasteiger partial charge is 0.154 e. The molecule has 18 heavy (non-hydrogen) atoms. The lowest BCUT2D eigenvalue weighted by atomic mass is 9.80.